The van der Waals surface area contributed by atoms with E-state index >= 15 is 0 Å². The third-order valence-corrected chi connectivity index (χ3v) is 3.29. The first-order valence-corrected chi connectivity index (χ1v) is 6.49. The lowest BCUT2D eigenvalue weighted by atomic mass is 10.0. The van der Waals surface area contributed by atoms with Crippen molar-refractivity contribution in [3.63, 3.8) is 0 Å². The number of hydrogen-bond acceptors (Lipinski definition) is 3. The Balaban J connectivity index is 2.27. The van der Waals surface area contributed by atoms with Gasteiger partial charge in [-0.1, -0.05) is 12.1 Å². The van der Waals surface area contributed by atoms with Crippen LogP contribution in [0.1, 0.15) is 17.2 Å². The van der Waals surface area contributed by atoms with Crippen LogP contribution in [0.15, 0.2) is 41.1 Å². The quantitative estimate of drug-likeness (QED) is 0.919. The van der Waals surface area contributed by atoms with Crippen molar-refractivity contribution >= 4 is 11.3 Å². The number of thiophene rings is 1. The maximum atomic E-state index is 12.2. The van der Waals surface area contributed by atoms with E-state index in [1.54, 1.807) is 30.5 Å². The van der Waals surface area contributed by atoms with Crippen molar-refractivity contribution < 1.29 is 17.9 Å². The number of halogens is 3. The number of rotatable bonds is 4. The topological polar surface area (TPSA) is 21.3 Å². The molecule has 0 aliphatic rings. The summed E-state index contributed by atoms with van der Waals surface area (Å²) in [6.07, 6.45) is -4.67. The van der Waals surface area contributed by atoms with Crippen LogP contribution in [0.2, 0.25) is 0 Å². The Morgan fingerprint density at radius 1 is 1.21 bits per heavy atom. The van der Waals surface area contributed by atoms with Crippen LogP contribution in [0.25, 0.3) is 0 Å². The predicted molar refractivity (Wildman–Crippen MR) is 68.3 cm³/mol. The van der Waals surface area contributed by atoms with Crippen molar-refractivity contribution in [2.24, 2.45) is 0 Å². The van der Waals surface area contributed by atoms with E-state index in [0.717, 1.165) is 11.1 Å². The van der Waals surface area contributed by atoms with Gasteiger partial charge in [-0.3, -0.25) is 0 Å². The molecule has 6 heteroatoms. The highest BCUT2D eigenvalue weighted by atomic mass is 32.1. The van der Waals surface area contributed by atoms with Crippen LogP contribution >= 0.6 is 11.3 Å². The smallest absolute Gasteiger partial charge is 0.406 e. The van der Waals surface area contributed by atoms with E-state index in [-0.39, 0.29) is 11.8 Å². The molecule has 1 heterocycles. The van der Waals surface area contributed by atoms with Crippen molar-refractivity contribution in [2.45, 2.75) is 12.4 Å². The zero-order chi connectivity index (χ0) is 13.9. The van der Waals surface area contributed by atoms with Gasteiger partial charge in [-0.05, 0) is 47.1 Å². The summed E-state index contributed by atoms with van der Waals surface area (Å²) < 4.78 is 40.5. The fourth-order valence-electron chi connectivity index (χ4n) is 1.86. The molecule has 0 bridgehead atoms. The summed E-state index contributed by atoms with van der Waals surface area (Å²) in [5, 5.41) is 6.96. The van der Waals surface area contributed by atoms with Gasteiger partial charge in [0.05, 0.1) is 6.04 Å². The second kappa shape index (κ2) is 5.63. The normalized spacial score (nSPS) is 13.3. The number of nitrogens with one attached hydrogen (secondary N) is 1. The second-order valence-electron chi connectivity index (χ2n) is 3.90. The van der Waals surface area contributed by atoms with Crippen molar-refractivity contribution in [2.75, 3.05) is 7.05 Å². The summed E-state index contributed by atoms with van der Waals surface area (Å²) in [6.45, 7) is 0. The minimum atomic E-state index is -4.67. The average molecular weight is 287 g/mol. The zero-order valence-electron chi connectivity index (χ0n) is 10.1. The van der Waals surface area contributed by atoms with Gasteiger partial charge in [-0.2, -0.15) is 11.3 Å². The van der Waals surface area contributed by atoms with E-state index in [1.165, 1.54) is 12.1 Å². The first kappa shape index (κ1) is 13.9. The first-order valence-electron chi connectivity index (χ1n) is 5.54. The Morgan fingerprint density at radius 3 is 2.58 bits per heavy atom. The van der Waals surface area contributed by atoms with Gasteiger partial charge in [0, 0.05) is 0 Å². The van der Waals surface area contributed by atoms with E-state index in [2.05, 4.69) is 10.1 Å². The molecule has 0 aliphatic carbocycles. The molecule has 1 unspecified atom stereocenters. The predicted octanol–water partition coefficient (Wildman–Crippen LogP) is 3.96. The Kier molecular flexibility index (Phi) is 4.11. The SMILES string of the molecule is CNC(c1ccsc1)c1cccc(OC(F)(F)F)c1. The molecule has 1 atom stereocenters. The molecule has 0 amide bonds. The van der Waals surface area contributed by atoms with Crippen LogP contribution in [0.4, 0.5) is 13.2 Å². The molecule has 19 heavy (non-hydrogen) atoms. The monoisotopic (exact) mass is 287 g/mol. The van der Waals surface area contributed by atoms with Gasteiger partial charge in [0.15, 0.2) is 0 Å². The largest absolute Gasteiger partial charge is 0.573 e. The summed E-state index contributed by atoms with van der Waals surface area (Å²) in [4.78, 5) is 0. The Bertz CT molecular complexity index is 525. The fourth-order valence-corrected chi connectivity index (χ4v) is 2.54. The van der Waals surface area contributed by atoms with Crippen LogP contribution in [0, 0.1) is 0 Å². The highest BCUT2D eigenvalue weighted by molar-refractivity contribution is 7.08. The molecule has 0 saturated carbocycles. The minimum Gasteiger partial charge on any atom is -0.406 e. The van der Waals surface area contributed by atoms with Gasteiger partial charge in [-0.25, -0.2) is 0 Å². The number of hydrogen-bond donors (Lipinski definition) is 1. The summed E-state index contributed by atoms with van der Waals surface area (Å²) in [5.74, 6) is -0.208. The van der Waals surface area contributed by atoms with Gasteiger partial charge in [0.25, 0.3) is 0 Å². The first-order chi connectivity index (χ1) is 8.99. The summed E-state index contributed by atoms with van der Waals surface area (Å²) in [7, 11) is 1.76. The molecule has 0 saturated heterocycles. The van der Waals surface area contributed by atoms with E-state index in [9.17, 15) is 13.2 Å². The lowest BCUT2D eigenvalue weighted by Crippen LogP contribution is -2.19. The van der Waals surface area contributed by atoms with Crippen molar-refractivity contribution in [1.29, 1.82) is 0 Å². The second-order valence-corrected chi connectivity index (χ2v) is 4.68. The number of benzene rings is 1. The number of alkyl halides is 3. The van der Waals surface area contributed by atoms with Gasteiger partial charge in [0.2, 0.25) is 0 Å². The molecule has 102 valence electrons. The van der Waals surface area contributed by atoms with Crippen LogP contribution in [0.3, 0.4) is 0 Å². The van der Waals surface area contributed by atoms with Gasteiger partial charge < -0.3 is 10.1 Å². The van der Waals surface area contributed by atoms with E-state index < -0.39 is 6.36 Å². The molecule has 1 aromatic heterocycles. The highest BCUT2D eigenvalue weighted by Crippen LogP contribution is 2.29. The summed E-state index contributed by atoms with van der Waals surface area (Å²) >= 11 is 1.54. The minimum absolute atomic E-state index is 0.150. The molecule has 0 fully saturated rings. The van der Waals surface area contributed by atoms with Gasteiger partial charge in [0.1, 0.15) is 5.75 Å². The molecule has 2 aromatic rings. The van der Waals surface area contributed by atoms with Crippen LogP contribution < -0.4 is 10.1 Å². The Labute approximate surface area is 112 Å². The Hall–Kier alpha value is -1.53. The van der Waals surface area contributed by atoms with Crippen molar-refractivity contribution in [3.8, 4) is 5.75 Å². The molecule has 2 rings (SSSR count). The van der Waals surface area contributed by atoms with E-state index in [4.69, 9.17) is 0 Å². The van der Waals surface area contributed by atoms with Crippen LogP contribution in [0.5, 0.6) is 5.75 Å². The average Bonchev–Trinajstić information content (AvgIpc) is 2.82. The highest BCUT2D eigenvalue weighted by Gasteiger charge is 2.31. The third kappa shape index (κ3) is 3.71. The third-order valence-electron chi connectivity index (χ3n) is 2.59. The summed E-state index contributed by atoms with van der Waals surface area (Å²) in [6, 6.07) is 7.78. The molecule has 0 spiro atoms. The maximum Gasteiger partial charge on any atom is 0.573 e. The van der Waals surface area contributed by atoms with E-state index in [0.29, 0.717) is 0 Å². The molecular weight excluding hydrogens is 275 g/mol. The summed E-state index contributed by atoms with van der Waals surface area (Å²) in [5.41, 5.74) is 1.74. The number of ether oxygens (including phenoxy) is 1. The zero-order valence-corrected chi connectivity index (χ0v) is 10.9. The van der Waals surface area contributed by atoms with Crippen LogP contribution in [-0.4, -0.2) is 13.4 Å². The van der Waals surface area contributed by atoms with Crippen molar-refractivity contribution in [3.05, 3.63) is 52.2 Å². The molecule has 1 aromatic carbocycles. The fraction of sp³-hybridized carbons (Fsp3) is 0.231. The van der Waals surface area contributed by atoms with Gasteiger partial charge in [-0.15, -0.1) is 13.2 Å². The molecule has 0 radical (unpaired) electrons. The lowest BCUT2D eigenvalue weighted by Gasteiger charge is -2.17. The molecule has 0 aliphatic heterocycles. The Morgan fingerprint density at radius 2 is 2.00 bits per heavy atom. The molecule has 2 nitrogen and oxygen atoms in total. The van der Waals surface area contributed by atoms with Crippen molar-refractivity contribution in [1.82, 2.24) is 5.32 Å². The maximum absolute atomic E-state index is 12.2. The van der Waals surface area contributed by atoms with Gasteiger partial charge >= 0.3 is 6.36 Å². The van der Waals surface area contributed by atoms with E-state index in [1.807, 2.05) is 16.8 Å². The lowest BCUT2D eigenvalue weighted by molar-refractivity contribution is -0.274. The molecular formula is C13H12F3NOS. The van der Waals surface area contributed by atoms with Crippen LogP contribution in [-0.2, 0) is 0 Å². The standard InChI is InChI=1S/C13H12F3NOS/c1-17-12(10-5-6-19-8-10)9-3-2-4-11(7-9)18-13(14,15)16/h2-8,12,17H,1H3. The molecule has 1 N–H and O–H groups in total.